The maximum atomic E-state index is 2.50. The van der Waals surface area contributed by atoms with E-state index in [1.54, 1.807) is 0 Å². The van der Waals surface area contributed by atoms with Crippen molar-refractivity contribution in [2.24, 2.45) is 0 Å². The van der Waals surface area contributed by atoms with Gasteiger partial charge >= 0.3 is 0 Å². The van der Waals surface area contributed by atoms with Gasteiger partial charge in [0.1, 0.15) is 0 Å². The van der Waals surface area contributed by atoms with E-state index in [-0.39, 0.29) is 0 Å². The van der Waals surface area contributed by atoms with E-state index in [4.69, 9.17) is 0 Å². The second-order valence-electron chi connectivity index (χ2n) is 15.7. The molecule has 0 radical (unpaired) electrons. The third-order valence-electron chi connectivity index (χ3n) is 12.5. The predicted octanol–water partition coefficient (Wildman–Crippen LogP) is 14.9. The Labute approximate surface area is 340 Å². The maximum absolute atomic E-state index is 2.50. The molecule has 0 N–H and O–H groups in total. The highest BCUT2D eigenvalue weighted by Crippen LogP contribution is 2.46. The summed E-state index contributed by atoms with van der Waals surface area (Å²) >= 11 is 0. The lowest BCUT2D eigenvalue weighted by Gasteiger charge is -2.12. The first-order valence-corrected chi connectivity index (χ1v) is 20.4. The lowest BCUT2D eigenvalue weighted by molar-refractivity contribution is 1.18. The van der Waals surface area contributed by atoms with E-state index in [1.165, 1.54) is 104 Å². The monoisotopic (exact) mass is 749 g/mol. The van der Waals surface area contributed by atoms with Crippen LogP contribution in [0.2, 0.25) is 0 Å². The fraction of sp³-hybridized carbons (Fsp3) is 0. The Kier molecular flexibility index (Phi) is 6.72. The first-order valence-electron chi connectivity index (χ1n) is 20.4. The number of pyridine rings is 1. The van der Waals surface area contributed by atoms with Gasteiger partial charge in [-0.2, -0.15) is 0 Å². The molecule has 0 spiro atoms. The summed E-state index contributed by atoms with van der Waals surface area (Å²) in [6, 6.07) is 77.8. The Morgan fingerprint density at radius 3 is 1.37 bits per heavy atom. The zero-order chi connectivity index (χ0) is 38.6. The number of aromatic nitrogens is 3. The van der Waals surface area contributed by atoms with Gasteiger partial charge in [-0.05, 0) is 100 Å². The molecule has 3 nitrogen and oxygen atoms in total. The van der Waals surface area contributed by atoms with Crippen molar-refractivity contribution in [3.8, 4) is 44.8 Å². The zero-order valence-electron chi connectivity index (χ0n) is 32.0. The van der Waals surface area contributed by atoms with Crippen LogP contribution in [0.3, 0.4) is 0 Å². The number of nitrogens with zero attached hydrogens (tertiary/aromatic N) is 3. The van der Waals surface area contributed by atoms with E-state index in [0.717, 1.165) is 11.4 Å². The molecule has 0 aliphatic heterocycles. The number of fused-ring (bicyclic) bond motifs is 11. The first kappa shape index (κ1) is 32.2. The third-order valence-corrected chi connectivity index (χ3v) is 12.5. The molecule has 13 aromatic rings. The lowest BCUT2D eigenvalue weighted by atomic mass is 10.0. The van der Waals surface area contributed by atoms with Gasteiger partial charge in [-0.15, -0.1) is 0 Å². The summed E-state index contributed by atoms with van der Waals surface area (Å²) in [6.45, 7) is 0. The van der Waals surface area contributed by atoms with Crippen LogP contribution in [0.5, 0.6) is 0 Å². The molecule has 13 rings (SSSR count). The molecule has 5 heterocycles. The van der Waals surface area contributed by atoms with Crippen LogP contribution in [0.1, 0.15) is 0 Å². The number of hydrogen-bond acceptors (Lipinski definition) is 0. The molecule has 274 valence electrons. The Hall–Kier alpha value is -7.88. The number of para-hydroxylation sites is 1. The van der Waals surface area contributed by atoms with E-state index in [0.29, 0.717) is 0 Å². The van der Waals surface area contributed by atoms with Gasteiger partial charge in [0, 0.05) is 43.7 Å². The topological polar surface area (TPSA) is 14.3 Å². The SMILES string of the molecule is c1ccc(-c2cccc(-n3c4ccccc4c4cc(-c5ccc6c(c5)c5c(c7cccc8c9ccccc9c5n87)n6-c5cccc(-c6ccccc6)c5)ccc43)c2)cc1. The quantitative estimate of drug-likeness (QED) is 0.166. The van der Waals surface area contributed by atoms with E-state index < -0.39 is 0 Å². The molecule has 3 heteroatoms. The van der Waals surface area contributed by atoms with Gasteiger partial charge in [-0.3, -0.25) is 0 Å². The minimum Gasteiger partial charge on any atom is -0.309 e. The van der Waals surface area contributed by atoms with Gasteiger partial charge in [-0.25, -0.2) is 0 Å². The van der Waals surface area contributed by atoms with Crippen LogP contribution in [0, 0.1) is 0 Å². The average Bonchev–Trinajstić information content (AvgIpc) is 4.03. The summed E-state index contributed by atoms with van der Waals surface area (Å²) in [5.74, 6) is 0. The van der Waals surface area contributed by atoms with E-state index in [2.05, 4.69) is 226 Å². The van der Waals surface area contributed by atoms with Gasteiger partial charge in [0.05, 0.1) is 38.6 Å². The van der Waals surface area contributed by atoms with Crippen molar-refractivity contribution in [1.82, 2.24) is 13.5 Å². The van der Waals surface area contributed by atoms with Crippen molar-refractivity contribution in [2.45, 2.75) is 0 Å². The van der Waals surface area contributed by atoms with E-state index >= 15 is 0 Å². The summed E-state index contributed by atoms with van der Waals surface area (Å²) in [5.41, 5.74) is 18.1. The van der Waals surface area contributed by atoms with Crippen molar-refractivity contribution >= 4 is 70.9 Å². The van der Waals surface area contributed by atoms with Gasteiger partial charge in [0.25, 0.3) is 0 Å². The Bertz CT molecular complexity index is 3770. The summed E-state index contributed by atoms with van der Waals surface area (Å²) in [6.07, 6.45) is 0. The lowest BCUT2D eigenvalue weighted by Crippen LogP contribution is -1.95. The standard InChI is InChI=1S/C56H35N3/c1-3-14-36(15-4-1)38-18-11-20-42(32-38)57-49-25-10-9-23-45(49)47-34-40(28-30-51(47)57)41-29-31-52-48(35-41)54-55-46-24-8-7-22-44(46)50-26-13-27-53(59(50)55)56(54)58(52)43-21-12-19-39(33-43)37-16-5-2-6-17-37/h1-35H. The van der Waals surface area contributed by atoms with Crippen LogP contribution >= 0.6 is 0 Å². The zero-order valence-corrected chi connectivity index (χ0v) is 32.0. The van der Waals surface area contributed by atoms with Gasteiger partial charge < -0.3 is 13.5 Å². The third kappa shape index (κ3) is 4.64. The van der Waals surface area contributed by atoms with Crippen LogP contribution in [-0.4, -0.2) is 13.5 Å². The molecular weight excluding hydrogens is 715 g/mol. The van der Waals surface area contributed by atoms with Crippen molar-refractivity contribution in [3.63, 3.8) is 0 Å². The fourth-order valence-electron chi connectivity index (χ4n) is 9.99. The number of benzene rings is 8. The summed E-state index contributed by atoms with van der Waals surface area (Å²) < 4.78 is 7.41. The van der Waals surface area contributed by atoms with Crippen molar-refractivity contribution in [3.05, 3.63) is 212 Å². The van der Waals surface area contributed by atoms with Gasteiger partial charge in [0.15, 0.2) is 0 Å². The molecule has 0 unspecified atom stereocenters. The van der Waals surface area contributed by atoms with Crippen LogP contribution in [0.4, 0.5) is 0 Å². The van der Waals surface area contributed by atoms with E-state index in [9.17, 15) is 0 Å². The maximum Gasteiger partial charge on any atom is 0.0803 e. The molecule has 0 aliphatic rings. The summed E-state index contributed by atoms with van der Waals surface area (Å²) in [4.78, 5) is 0. The second-order valence-corrected chi connectivity index (χ2v) is 15.7. The van der Waals surface area contributed by atoms with Gasteiger partial charge in [0.2, 0.25) is 0 Å². The molecule has 8 aromatic carbocycles. The first-order chi connectivity index (χ1) is 29.3. The minimum absolute atomic E-state index is 1.16. The highest BCUT2D eigenvalue weighted by molar-refractivity contribution is 6.30. The minimum atomic E-state index is 1.16. The Morgan fingerprint density at radius 2 is 0.695 bits per heavy atom. The van der Waals surface area contributed by atoms with Crippen LogP contribution < -0.4 is 0 Å². The molecule has 0 amide bonds. The molecule has 0 fully saturated rings. The molecule has 0 saturated heterocycles. The smallest absolute Gasteiger partial charge is 0.0803 e. The molecule has 0 saturated carbocycles. The van der Waals surface area contributed by atoms with Crippen molar-refractivity contribution < 1.29 is 0 Å². The molecule has 0 bridgehead atoms. The average molecular weight is 750 g/mol. The van der Waals surface area contributed by atoms with Crippen molar-refractivity contribution in [2.75, 3.05) is 0 Å². The molecule has 0 aliphatic carbocycles. The molecule has 0 atom stereocenters. The highest BCUT2D eigenvalue weighted by atomic mass is 15.0. The molecule has 5 aromatic heterocycles. The number of hydrogen-bond donors (Lipinski definition) is 0. The Morgan fingerprint density at radius 1 is 0.237 bits per heavy atom. The normalized spacial score (nSPS) is 12.1. The van der Waals surface area contributed by atoms with Gasteiger partial charge in [-0.1, -0.05) is 146 Å². The fourth-order valence-corrected chi connectivity index (χ4v) is 9.99. The van der Waals surface area contributed by atoms with Crippen LogP contribution in [0.15, 0.2) is 212 Å². The highest BCUT2D eigenvalue weighted by Gasteiger charge is 2.25. The largest absolute Gasteiger partial charge is 0.309 e. The van der Waals surface area contributed by atoms with Crippen molar-refractivity contribution in [1.29, 1.82) is 0 Å². The molecule has 59 heavy (non-hydrogen) atoms. The summed E-state index contributed by atoms with van der Waals surface area (Å²) in [7, 11) is 0. The predicted molar refractivity (Wildman–Crippen MR) is 249 cm³/mol. The van der Waals surface area contributed by atoms with Crippen LogP contribution in [0.25, 0.3) is 116 Å². The van der Waals surface area contributed by atoms with E-state index in [1.807, 2.05) is 0 Å². The number of rotatable bonds is 5. The molecular formula is C56H35N3. The Balaban J connectivity index is 1.06. The van der Waals surface area contributed by atoms with Crippen LogP contribution in [-0.2, 0) is 0 Å². The second kappa shape index (κ2) is 12.3. The summed E-state index contributed by atoms with van der Waals surface area (Å²) in [5, 5.41) is 7.61.